The number of anilines is 1. The van der Waals surface area contributed by atoms with Crippen LogP contribution in [0.3, 0.4) is 0 Å². The van der Waals surface area contributed by atoms with Crippen LogP contribution in [0.2, 0.25) is 5.02 Å². The molecule has 70 valence electrons. The summed E-state index contributed by atoms with van der Waals surface area (Å²) in [5.41, 5.74) is -0.158. The van der Waals surface area contributed by atoms with Gasteiger partial charge in [-0.25, -0.2) is 4.98 Å². The van der Waals surface area contributed by atoms with Crippen LogP contribution < -0.4 is 4.90 Å². The van der Waals surface area contributed by atoms with E-state index in [4.69, 9.17) is 11.6 Å². The molecule has 13 heavy (non-hydrogen) atoms. The zero-order valence-corrected chi connectivity index (χ0v) is 7.95. The third kappa shape index (κ3) is 1.86. The Morgan fingerprint density at radius 2 is 2.23 bits per heavy atom. The molecule has 0 spiro atoms. The molecule has 0 N–H and O–H groups in total. The number of aromatic nitrogens is 1. The summed E-state index contributed by atoms with van der Waals surface area (Å²) >= 11 is 5.66. The van der Waals surface area contributed by atoms with Crippen LogP contribution in [0.5, 0.6) is 0 Å². The lowest BCUT2D eigenvalue weighted by atomic mass is 10.4. The number of pyridine rings is 1. The molecule has 0 unspecified atom stereocenters. The highest BCUT2D eigenvalue weighted by Crippen LogP contribution is 2.31. The van der Waals surface area contributed by atoms with E-state index in [0.29, 0.717) is 0 Å². The number of hydrogen-bond donors (Lipinski definition) is 0. The third-order valence-corrected chi connectivity index (χ3v) is 1.77. The molecule has 0 aliphatic heterocycles. The minimum atomic E-state index is -0.537. The molecule has 0 aliphatic carbocycles. The average Bonchev–Trinajstić information content (AvgIpc) is 2.02. The van der Waals surface area contributed by atoms with Gasteiger partial charge < -0.3 is 4.90 Å². The fraction of sp³-hybridized carbons (Fsp3) is 0.286. The minimum absolute atomic E-state index is 0.101. The molecule has 0 amide bonds. The SMILES string of the molecule is CN(C)c1nccc(Cl)c1[N+](=O)[O-]. The van der Waals surface area contributed by atoms with Gasteiger partial charge in [0, 0.05) is 20.3 Å². The van der Waals surface area contributed by atoms with Gasteiger partial charge in [0.05, 0.1) is 4.92 Å². The quantitative estimate of drug-likeness (QED) is 0.540. The van der Waals surface area contributed by atoms with Crippen molar-refractivity contribution in [2.45, 2.75) is 0 Å². The zero-order valence-electron chi connectivity index (χ0n) is 7.19. The van der Waals surface area contributed by atoms with Crippen molar-refractivity contribution in [3.63, 3.8) is 0 Å². The minimum Gasteiger partial charge on any atom is -0.357 e. The number of nitrogens with zero attached hydrogens (tertiary/aromatic N) is 3. The summed E-state index contributed by atoms with van der Waals surface area (Å²) in [6.45, 7) is 0. The van der Waals surface area contributed by atoms with E-state index in [0.717, 1.165) is 0 Å². The molecule has 0 saturated carbocycles. The second-order valence-corrected chi connectivity index (χ2v) is 3.02. The van der Waals surface area contributed by atoms with Crippen molar-refractivity contribution >= 4 is 23.1 Å². The Hall–Kier alpha value is -1.36. The standard InChI is InChI=1S/C7H8ClN3O2/c1-10(2)7-6(11(12)13)5(8)3-4-9-7/h3-4H,1-2H3. The normalized spacial score (nSPS) is 9.77. The highest BCUT2D eigenvalue weighted by molar-refractivity contribution is 6.33. The first-order valence-corrected chi connectivity index (χ1v) is 3.88. The summed E-state index contributed by atoms with van der Waals surface area (Å²) < 4.78 is 0. The number of halogens is 1. The highest BCUT2D eigenvalue weighted by atomic mass is 35.5. The molecule has 1 aromatic rings. The van der Waals surface area contributed by atoms with Crippen LogP contribution in [0.15, 0.2) is 12.3 Å². The maximum absolute atomic E-state index is 10.6. The fourth-order valence-corrected chi connectivity index (χ4v) is 1.13. The number of nitro groups is 1. The zero-order chi connectivity index (χ0) is 10.0. The van der Waals surface area contributed by atoms with Crippen LogP contribution in [0.1, 0.15) is 0 Å². The van der Waals surface area contributed by atoms with E-state index in [-0.39, 0.29) is 16.5 Å². The first kappa shape index (κ1) is 9.73. The van der Waals surface area contributed by atoms with Crippen molar-refractivity contribution in [3.8, 4) is 0 Å². The second kappa shape index (κ2) is 3.57. The van der Waals surface area contributed by atoms with Crippen molar-refractivity contribution < 1.29 is 4.92 Å². The molecule has 0 saturated heterocycles. The molecule has 1 heterocycles. The average molecular weight is 202 g/mol. The van der Waals surface area contributed by atoms with Crippen molar-refractivity contribution in [3.05, 3.63) is 27.4 Å². The Morgan fingerprint density at radius 1 is 1.62 bits per heavy atom. The maximum Gasteiger partial charge on any atom is 0.329 e. The third-order valence-electron chi connectivity index (χ3n) is 1.46. The Morgan fingerprint density at radius 3 is 2.62 bits per heavy atom. The van der Waals surface area contributed by atoms with Crippen LogP contribution in [0.4, 0.5) is 11.5 Å². The van der Waals surface area contributed by atoms with Crippen LogP contribution in [-0.2, 0) is 0 Å². The fourth-order valence-electron chi connectivity index (χ4n) is 0.916. The van der Waals surface area contributed by atoms with Crippen LogP contribution in [0, 0.1) is 10.1 Å². The molecular formula is C7H8ClN3O2. The Bertz CT molecular complexity index is 341. The van der Waals surface area contributed by atoms with Crippen molar-refractivity contribution in [1.82, 2.24) is 4.98 Å². The van der Waals surface area contributed by atoms with Crippen LogP contribution in [0.25, 0.3) is 0 Å². The van der Waals surface area contributed by atoms with Crippen LogP contribution in [-0.4, -0.2) is 24.0 Å². The summed E-state index contributed by atoms with van der Waals surface area (Å²) in [5.74, 6) is 0.262. The lowest BCUT2D eigenvalue weighted by molar-refractivity contribution is -0.384. The first-order valence-electron chi connectivity index (χ1n) is 3.50. The topological polar surface area (TPSA) is 59.3 Å². The van der Waals surface area contributed by atoms with E-state index in [9.17, 15) is 10.1 Å². The molecule has 1 rings (SSSR count). The van der Waals surface area contributed by atoms with E-state index in [1.54, 1.807) is 19.0 Å². The molecular weight excluding hydrogens is 194 g/mol. The van der Waals surface area contributed by atoms with Gasteiger partial charge in [0.2, 0.25) is 5.82 Å². The van der Waals surface area contributed by atoms with E-state index < -0.39 is 4.92 Å². The first-order chi connectivity index (χ1) is 6.04. The molecule has 0 atom stereocenters. The van der Waals surface area contributed by atoms with Crippen molar-refractivity contribution in [2.75, 3.05) is 19.0 Å². The molecule has 0 bridgehead atoms. The van der Waals surface area contributed by atoms with Gasteiger partial charge in [0.1, 0.15) is 5.02 Å². The van der Waals surface area contributed by atoms with Gasteiger partial charge in [0.15, 0.2) is 0 Å². The Balaban J connectivity index is 3.34. The van der Waals surface area contributed by atoms with Gasteiger partial charge in [-0.2, -0.15) is 0 Å². The summed E-state index contributed by atoms with van der Waals surface area (Å²) in [6, 6.07) is 1.40. The lowest BCUT2D eigenvalue weighted by Gasteiger charge is -2.10. The van der Waals surface area contributed by atoms with Gasteiger partial charge in [-0.15, -0.1) is 0 Å². The summed E-state index contributed by atoms with van der Waals surface area (Å²) in [6.07, 6.45) is 1.44. The predicted octanol–water partition coefficient (Wildman–Crippen LogP) is 1.71. The molecule has 0 aliphatic rings. The monoisotopic (exact) mass is 201 g/mol. The van der Waals surface area contributed by atoms with E-state index in [2.05, 4.69) is 4.98 Å². The summed E-state index contributed by atoms with van der Waals surface area (Å²) in [5, 5.41) is 10.7. The number of rotatable bonds is 2. The van der Waals surface area contributed by atoms with E-state index >= 15 is 0 Å². The van der Waals surface area contributed by atoms with Crippen molar-refractivity contribution in [1.29, 1.82) is 0 Å². The van der Waals surface area contributed by atoms with Gasteiger partial charge in [-0.3, -0.25) is 10.1 Å². The van der Waals surface area contributed by atoms with Gasteiger partial charge in [-0.1, -0.05) is 11.6 Å². The molecule has 0 fully saturated rings. The molecule has 0 aromatic carbocycles. The van der Waals surface area contributed by atoms with Crippen molar-refractivity contribution in [2.24, 2.45) is 0 Å². The second-order valence-electron chi connectivity index (χ2n) is 2.62. The maximum atomic E-state index is 10.6. The molecule has 1 aromatic heterocycles. The highest BCUT2D eigenvalue weighted by Gasteiger charge is 2.20. The van der Waals surface area contributed by atoms with E-state index in [1.165, 1.54) is 12.3 Å². The van der Waals surface area contributed by atoms with E-state index in [1.807, 2.05) is 0 Å². The summed E-state index contributed by atoms with van der Waals surface area (Å²) in [4.78, 5) is 15.5. The number of hydrogen-bond acceptors (Lipinski definition) is 4. The Labute approximate surface area is 80.1 Å². The van der Waals surface area contributed by atoms with Gasteiger partial charge >= 0.3 is 5.69 Å². The molecule has 5 nitrogen and oxygen atoms in total. The largest absolute Gasteiger partial charge is 0.357 e. The van der Waals surface area contributed by atoms with Crippen LogP contribution >= 0.6 is 11.6 Å². The Kier molecular flexibility index (Phi) is 2.67. The predicted molar refractivity (Wildman–Crippen MR) is 50.2 cm³/mol. The lowest BCUT2D eigenvalue weighted by Crippen LogP contribution is -2.12. The smallest absolute Gasteiger partial charge is 0.329 e. The summed E-state index contributed by atoms with van der Waals surface area (Å²) in [7, 11) is 3.34. The molecule has 6 heteroatoms. The van der Waals surface area contributed by atoms with Gasteiger partial charge in [0.25, 0.3) is 0 Å². The van der Waals surface area contributed by atoms with Gasteiger partial charge in [-0.05, 0) is 6.07 Å². The molecule has 0 radical (unpaired) electrons.